The molecule has 13 heavy (non-hydrogen) atoms. The molecule has 0 aromatic heterocycles. The topological polar surface area (TPSA) is 0 Å². The van der Waals surface area contributed by atoms with Gasteiger partial charge in [-0.1, -0.05) is 48.6 Å². The predicted molar refractivity (Wildman–Crippen MR) is 55.2 cm³/mol. The van der Waals surface area contributed by atoms with Crippen molar-refractivity contribution in [3.05, 3.63) is 54.1 Å². The lowest BCUT2D eigenvalue weighted by Gasteiger charge is -2.05. The Morgan fingerprint density at radius 2 is 1.85 bits per heavy atom. The maximum absolute atomic E-state index is 2.42. The van der Waals surface area contributed by atoms with Gasteiger partial charge in [-0.2, -0.15) is 0 Å². The van der Waals surface area contributed by atoms with Gasteiger partial charge in [0, 0.05) is 0 Å². The van der Waals surface area contributed by atoms with Gasteiger partial charge in [0.2, 0.25) is 0 Å². The molecule has 2 atom stereocenters. The van der Waals surface area contributed by atoms with E-state index >= 15 is 0 Å². The van der Waals surface area contributed by atoms with E-state index in [2.05, 4.69) is 48.6 Å². The Morgan fingerprint density at radius 3 is 2.62 bits per heavy atom. The SMILES string of the molecule is C1=CC2CC2C=C1c1ccccc1. The standard InChI is InChI=1S/C13H12/c1-2-4-10(5-3-1)11-6-7-12-9-13(12)8-11/h1-8,12-13H,9H2. The van der Waals surface area contributed by atoms with Gasteiger partial charge in [0.25, 0.3) is 0 Å². The van der Waals surface area contributed by atoms with Crippen molar-refractivity contribution in [3.8, 4) is 0 Å². The molecule has 1 fully saturated rings. The summed E-state index contributed by atoms with van der Waals surface area (Å²) < 4.78 is 0. The summed E-state index contributed by atoms with van der Waals surface area (Å²) in [7, 11) is 0. The molecule has 0 heterocycles. The summed E-state index contributed by atoms with van der Waals surface area (Å²) in [6.45, 7) is 0. The molecule has 0 radical (unpaired) electrons. The molecular weight excluding hydrogens is 156 g/mol. The summed E-state index contributed by atoms with van der Waals surface area (Å²) in [5.41, 5.74) is 2.75. The lowest BCUT2D eigenvalue weighted by molar-refractivity contribution is 0.985. The van der Waals surface area contributed by atoms with Crippen molar-refractivity contribution in [2.75, 3.05) is 0 Å². The predicted octanol–water partition coefficient (Wildman–Crippen LogP) is 3.28. The number of rotatable bonds is 1. The normalized spacial score (nSPS) is 29.4. The Balaban J connectivity index is 1.98. The largest absolute Gasteiger partial charge is 0.0802 e. The Bertz CT molecular complexity index is 370. The average Bonchev–Trinajstić information content (AvgIpc) is 2.96. The van der Waals surface area contributed by atoms with Crippen molar-refractivity contribution >= 4 is 5.57 Å². The van der Waals surface area contributed by atoms with E-state index in [-0.39, 0.29) is 0 Å². The second-order valence-corrected chi connectivity index (χ2v) is 3.91. The van der Waals surface area contributed by atoms with Crippen LogP contribution in [0.25, 0.3) is 5.57 Å². The van der Waals surface area contributed by atoms with E-state index in [0.29, 0.717) is 0 Å². The van der Waals surface area contributed by atoms with E-state index in [0.717, 1.165) is 11.8 Å². The molecule has 64 valence electrons. The van der Waals surface area contributed by atoms with E-state index in [4.69, 9.17) is 0 Å². The van der Waals surface area contributed by atoms with Gasteiger partial charge in [-0.15, -0.1) is 0 Å². The number of allylic oxidation sites excluding steroid dienone is 4. The molecular formula is C13H12. The molecule has 0 heteroatoms. The van der Waals surface area contributed by atoms with E-state index in [1.807, 2.05) is 0 Å². The number of hydrogen-bond acceptors (Lipinski definition) is 0. The third kappa shape index (κ3) is 1.23. The molecule has 0 nitrogen and oxygen atoms in total. The third-order valence-electron chi connectivity index (χ3n) is 2.91. The molecule has 0 amide bonds. The molecule has 0 spiro atoms. The Kier molecular flexibility index (Phi) is 1.42. The van der Waals surface area contributed by atoms with Crippen LogP contribution in [0.5, 0.6) is 0 Å². The first-order chi connectivity index (χ1) is 6.43. The lowest BCUT2D eigenvalue weighted by Crippen LogP contribution is -1.87. The van der Waals surface area contributed by atoms with Gasteiger partial charge in [-0.3, -0.25) is 0 Å². The molecule has 0 saturated heterocycles. The summed E-state index contributed by atoms with van der Waals surface area (Å²) in [4.78, 5) is 0. The van der Waals surface area contributed by atoms with E-state index < -0.39 is 0 Å². The highest BCUT2D eigenvalue weighted by atomic mass is 14.4. The van der Waals surface area contributed by atoms with Crippen LogP contribution in [0.4, 0.5) is 0 Å². The van der Waals surface area contributed by atoms with Crippen LogP contribution in [0.3, 0.4) is 0 Å². The zero-order valence-electron chi connectivity index (χ0n) is 7.48. The van der Waals surface area contributed by atoms with Gasteiger partial charge >= 0.3 is 0 Å². The van der Waals surface area contributed by atoms with Gasteiger partial charge in [0.05, 0.1) is 0 Å². The molecule has 2 unspecified atom stereocenters. The van der Waals surface area contributed by atoms with E-state index in [1.165, 1.54) is 17.6 Å². The van der Waals surface area contributed by atoms with Gasteiger partial charge in [0.15, 0.2) is 0 Å². The number of hydrogen-bond donors (Lipinski definition) is 0. The summed E-state index contributed by atoms with van der Waals surface area (Å²) in [6.07, 6.45) is 8.41. The zero-order valence-corrected chi connectivity index (χ0v) is 7.48. The smallest absolute Gasteiger partial charge is 0.0155 e. The quantitative estimate of drug-likeness (QED) is 0.603. The highest BCUT2D eigenvalue weighted by Crippen LogP contribution is 2.45. The summed E-state index contributed by atoms with van der Waals surface area (Å²) in [5, 5.41) is 0. The number of fused-ring (bicyclic) bond motifs is 1. The molecule has 0 bridgehead atoms. The van der Waals surface area contributed by atoms with Crippen molar-refractivity contribution in [2.45, 2.75) is 6.42 Å². The second-order valence-electron chi connectivity index (χ2n) is 3.91. The first-order valence-corrected chi connectivity index (χ1v) is 4.89. The third-order valence-corrected chi connectivity index (χ3v) is 2.91. The molecule has 2 aliphatic carbocycles. The molecule has 0 aliphatic heterocycles. The summed E-state index contributed by atoms with van der Waals surface area (Å²) in [6, 6.07) is 10.6. The van der Waals surface area contributed by atoms with Crippen molar-refractivity contribution in [3.63, 3.8) is 0 Å². The molecule has 3 rings (SSSR count). The minimum Gasteiger partial charge on any atom is -0.0802 e. The van der Waals surface area contributed by atoms with Crippen molar-refractivity contribution in [2.24, 2.45) is 11.8 Å². The van der Waals surface area contributed by atoms with Crippen LogP contribution in [0.1, 0.15) is 12.0 Å². The van der Waals surface area contributed by atoms with Crippen LogP contribution < -0.4 is 0 Å². The maximum atomic E-state index is 2.42. The van der Waals surface area contributed by atoms with Crippen molar-refractivity contribution < 1.29 is 0 Å². The Morgan fingerprint density at radius 1 is 1.00 bits per heavy atom. The van der Waals surface area contributed by atoms with Gasteiger partial charge < -0.3 is 0 Å². The van der Waals surface area contributed by atoms with Crippen molar-refractivity contribution in [1.29, 1.82) is 0 Å². The fourth-order valence-corrected chi connectivity index (χ4v) is 1.99. The highest BCUT2D eigenvalue weighted by molar-refractivity contribution is 5.75. The summed E-state index contributed by atoms with van der Waals surface area (Å²) in [5.74, 6) is 1.72. The minimum absolute atomic E-state index is 0.847. The molecule has 1 aromatic rings. The fourth-order valence-electron chi connectivity index (χ4n) is 1.99. The van der Waals surface area contributed by atoms with Crippen LogP contribution >= 0.6 is 0 Å². The van der Waals surface area contributed by atoms with Gasteiger partial charge in [-0.25, -0.2) is 0 Å². The van der Waals surface area contributed by atoms with Crippen LogP contribution in [0.2, 0.25) is 0 Å². The van der Waals surface area contributed by atoms with Crippen LogP contribution in [-0.4, -0.2) is 0 Å². The summed E-state index contributed by atoms with van der Waals surface area (Å²) >= 11 is 0. The number of benzene rings is 1. The van der Waals surface area contributed by atoms with E-state index in [9.17, 15) is 0 Å². The van der Waals surface area contributed by atoms with Gasteiger partial charge in [0.1, 0.15) is 0 Å². The first-order valence-electron chi connectivity index (χ1n) is 4.89. The fraction of sp³-hybridized carbons (Fsp3) is 0.231. The monoisotopic (exact) mass is 168 g/mol. The first kappa shape index (κ1) is 7.14. The van der Waals surface area contributed by atoms with Crippen molar-refractivity contribution in [1.82, 2.24) is 0 Å². The van der Waals surface area contributed by atoms with Crippen LogP contribution in [0.15, 0.2) is 48.6 Å². The zero-order chi connectivity index (χ0) is 8.67. The second kappa shape index (κ2) is 2.59. The molecule has 0 N–H and O–H groups in total. The Labute approximate surface area is 78.6 Å². The molecule has 1 aromatic carbocycles. The molecule has 1 saturated carbocycles. The molecule has 2 aliphatic rings. The maximum Gasteiger partial charge on any atom is -0.0155 e. The average molecular weight is 168 g/mol. The van der Waals surface area contributed by atoms with Crippen LogP contribution in [0, 0.1) is 11.8 Å². The van der Waals surface area contributed by atoms with Gasteiger partial charge in [-0.05, 0) is 29.4 Å². The lowest BCUT2D eigenvalue weighted by atomic mass is 10.00. The minimum atomic E-state index is 0.847. The van der Waals surface area contributed by atoms with E-state index in [1.54, 1.807) is 0 Å². The Hall–Kier alpha value is -1.30. The highest BCUT2D eigenvalue weighted by Gasteiger charge is 2.34. The van der Waals surface area contributed by atoms with Crippen LogP contribution in [-0.2, 0) is 0 Å².